The van der Waals surface area contributed by atoms with Gasteiger partial charge in [-0.3, -0.25) is 14.4 Å². The minimum Gasteiger partial charge on any atom is -0.452 e. The fraction of sp³-hybridized carbons (Fsp3) is 0.375. The Bertz CT molecular complexity index is 568. The third-order valence-corrected chi connectivity index (χ3v) is 2.94. The molecule has 1 aromatic rings. The van der Waals surface area contributed by atoms with Crippen molar-refractivity contribution in [3.8, 4) is 0 Å². The fourth-order valence-electron chi connectivity index (χ4n) is 1.66. The zero-order valence-electron chi connectivity index (χ0n) is 13.1. The first-order valence-electron chi connectivity index (χ1n) is 7.27. The van der Waals surface area contributed by atoms with Crippen molar-refractivity contribution < 1.29 is 23.9 Å². The summed E-state index contributed by atoms with van der Waals surface area (Å²) in [6, 6.07) is 5.11. The van der Waals surface area contributed by atoms with Crippen LogP contribution >= 0.6 is 0 Å². The second kappa shape index (κ2) is 9.34. The van der Waals surface area contributed by atoms with Gasteiger partial charge in [0.05, 0.1) is 5.56 Å². The molecule has 0 spiro atoms. The zero-order valence-corrected chi connectivity index (χ0v) is 13.1. The van der Waals surface area contributed by atoms with Crippen LogP contribution in [0.4, 0.5) is 0 Å². The van der Waals surface area contributed by atoms with Crippen molar-refractivity contribution in [1.29, 1.82) is 0 Å². The van der Waals surface area contributed by atoms with E-state index in [1.54, 1.807) is 6.92 Å². The lowest BCUT2D eigenvalue weighted by Gasteiger charge is -2.13. The molecule has 0 saturated carbocycles. The standard InChI is InChI=1S/C16H20N2O5/c1-3-8-17-15(21)11(2)18-14(20)10-23-16(22)13-6-4-12(9-19)5-7-13/h4-7,9,11H,3,8,10H2,1-2H3,(H,17,21)(H,18,20)/t11-/m1/s1. The Morgan fingerprint density at radius 1 is 1.22 bits per heavy atom. The monoisotopic (exact) mass is 320 g/mol. The van der Waals surface area contributed by atoms with Crippen molar-refractivity contribution in [2.45, 2.75) is 26.3 Å². The van der Waals surface area contributed by atoms with Crippen LogP contribution in [-0.4, -0.2) is 43.3 Å². The fourth-order valence-corrected chi connectivity index (χ4v) is 1.66. The summed E-state index contributed by atoms with van der Waals surface area (Å²) in [5, 5.41) is 5.09. The topological polar surface area (TPSA) is 102 Å². The van der Waals surface area contributed by atoms with E-state index in [1.165, 1.54) is 24.3 Å². The zero-order chi connectivity index (χ0) is 17.2. The van der Waals surface area contributed by atoms with E-state index in [2.05, 4.69) is 10.6 Å². The van der Waals surface area contributed by atoms with Gasteiger partial charge in [0.15, 0.2) is 6.61 Å². The number of benzene rings is 1. The largest absolute Gasteiger partial charge is 0.452 e. The van der Waals surface area contributed by atoms with Crippen LogP contribution < -0.4 is 10.6 Å². The second-order valence-electron chi connectivity index (χ2n) is 4.90. The van der Waals surface area contributed by atoms with E-state index in [1.807, 2.05) is 6.92 Å². The normalized spacial score (nSPS) is 11.2. The van der Waals surface area contributed by atoms with E-state index in [0.717, 1.165) is 6.42 Å². The summed E-state index contributed by atoms with van der Waals surface area (Å²) >= 11 is 0. The maximum Gasteiger partial charge on any atom is 0.338 e. The Labute approximate surface area is 134 Å². The van der Waals surface area contributed by atoms with Crippen LogP contribution in [0.25, 0.3) is 0 Å². The van der Waals surface area contributed by atoms with E-state index < -0.39 is 24.5 Å². The van der Waals surface area contributed by atoms with Gasteiger partial charge in [-0.1, -0.05) is 19.1 Å². The average Bonchev–Trinajstić information content (AvgIpc) is 2.57. The van der Waals surface area contributed by atoms with Crippen molar-refractivity contribution >= 4 is 24.1 Å². The van der Waals surface area contributed by atoms with E-state index in [4.69, 9.17) is 4.74 Å². The molecule has 7 nitrogen and oxygen atoms in total. The maximum atomic E-state index is 11.7. The molecule has 23 heavy (non-hydrogen) atoms. The molecule has 0 aliphatic rings. The van der Waals surface area contributed by atoms with Gasteiger partial charge >= 0.3 is 5.97 Å². The van der Waals surface area contributed by atoms with Crippen molar-refractivity contribution in [3.63, 3.8) is 0 Å². The van der Waals surface area contributed by atoms with E-state index in [-0.39, 0.29) is 11.5 Å². The van der Waals surface area contributed by atoms with Crippen LogP contribution in [0.15, 0.2) is 24.3 Å². The predicted octanol–water partition coefficient (Wildman–Crippen LogP) is 0.687. The van der Waals surface area contributed by atoms with Gasteiger partial charge in [0.1, 0.15) is 12.3 Å². The first-order valence-corrected chi connectivity index (χ1v) is 7.27. The number of hydrogen-bond acceptors (Lipinski definition) is 5. The third kappa shape index (κ3) is 6.29. The molecule has 0 unspecified atom stereocenters. The Morgan fingerprint density at radius 3 is 2.43 bits per heavy atom. The van der Waals surface area contributed by atoms with Crippen molar-refractivity contribution in [1.82, 2.24) is 10.6 Å². The van der Waals surface area contributed by atoms with E-state index in [0.29, 0.717) is 18.4 Å². The molecule has 1 rings (SSSR count). The molecule has 1 atom stereocenters. The molecule has 0 fully saturated rings. The summed E-state index contributed by atoms with van der Waals surface area (Å²) in [5.74, 6) is -1.54. The van der Waals surface area contributed by atoms with Gasteiger partial charge < -0.3 is 15.4 Å². The lowest BCUT2D eigenvalue weighted by molar-refractivity contribution is -0.130. The number of ether oxygens (including phenoxy) is 1. The molecule has 1 aromatic carbocycles. The van der Waals surface area contributed by atoms with Crippen LogP contribution in [0.1, 0.15) is 41.0 Å². The lowest BCUT2D eigenvalue weighted by atomic mass is 10.1. The molecule has 0 aliphatic heterocycles. The summed E-state index contributed by atoms with van der Waals surface area (Å²) in [7, 11) is 0. The van der Waals surface area contributed by atoms with Gasteiger partial charge in [0, 0.05) is 12.1 Å². The number of carbonyl (C=O) groups is 4. The molecule has 0 bridgehead atoms. The summed E-state index contributed by atoms with van der Waals surface area (Å²) in [6.45, 7) is 3.51. The molecule has 0 aliphatic carbocycles. The number of hydrogen-bond donors (Lipinski definition) is 2. The Kier molecular flexibility index (Phi) is 7.45. The first-order chi connectivity index (χ1) is 11.0. The highest BCUT2D eigenvalue weighted by molar-refractivity contribution is 5.93. The minimum atomic E-state index is -0.709. The highest BCUT2D eigenvalue weighted by Gasteiger charge is 2.16. The number of nitrogens with one attached hydrogen (secondary N) is 2. The summed E-state index contributed by atoms with van der Waals surface area (Å²) in [4.78, 5) is 45.5. The molecule has 0 heterocycles. The smallest absolute Gasteiger partial charge is 0.338 e. The van der Waals surface area contributed by atoms with Crippen LogP contribution in [0.2, 0.25) is 0 Å². The molecule has 2 N–H and O–H groups in total. The van der Waals surface area contributed by atoms with Gasteiger partial charge in [-0.2, -0.15) is 0 Å². The molecule has 0 saturated heterocycles. The third-order valence-electron chi connectivity index (χ3n) is 2.94. The van der Waals surface area contributed by atoms with Gasteiger partial charge in [-0.05, 0) is 25.5 Å². The summed E-state index contributed by atoms with van der Waals surface area (Å²) in [5.41, 5.74) is 0.670. The number of rotatable bonds is 8. The minimum absolute atomic E-state index is 0.233. The second-order valence-corrected chi connectivity index (χ2v) is 4.90. The number of esters is 1. The maximum absolute atomic E-state index is 11.7. The molecule has 2 amide bonds. The number of amides is 2. The number of carbonyl (C=O) groups excluding carboxylic acids is 4. The molecule has 124 valence electrons. The van der Waals surface area contributed by atoms with Gasteiger partial charge in [-0.15, -0.1) is 0 Å². The van der Waals surface area contributed by atoms with Gasteiger partial charge in [0.25, 0.3) is 5.91 Å². The number of aldehydes is 1. The van der Waals surface area contributed by atoms with E-state index in [9.17, 15) is 19.2 Å². The van der Waals surface area contributed by atoms with Gasteiger partial charge in [-0.25, -0.2) is 4.79 Å². The Morgan fingerprint density at radius 2 is 1.87 bits per heavy atom. The average molecular weight is 320 g/mol. The van der Waals surface area contributed by atoms with Crippen molar-refractivity contribution in [2.75, 3.05) is 13.2 Å². The first kappa shape index (κ1) is 18.3. The van der Waals surface area contributed by atoms with Crippen LogP contribution in [0, 0.1) is 0 Å². The van der Waals surface area contributed by atoms with Gasteiger partial charge in [0.2, 0.25) is 5.91 Å². The molecule has 0 aromatic heterocycles. The highest BCUT2D eigenvalue weighted by Crippen LogP contribution is 2.04. The predicted molar refractivity (Wildman–Crippen MR) is 83.0 cm³/mol. The van der Waals surface area contributed by atoms with Crippen LogP contribution in [0.5, 0.6) is 0 Å². The SMILES string of the molecule is CCCNC(=O)[C@@H](C)NC(=O)COC(=O)c1ccc(C=O)cc1. The quantitative estimate of drug-likeness (QED) is 0.542. The van der Waals surface area contributed by atoms with Crippen LogP contribution in [0.3, 0.4) is 0 Å². The Balaban J connectivity index is 2.41. The van der Waals surface area contributed by atoms with Crippen molar-refractivity contribution in [2.24, 2.45) is 0 Å². The molecule has 7 heteroatoms. The van der Waals surface area contributed by atoms with E-state index >= 15 is 0 Å². The molecular formula is C16H20N2O5. The summed E-state index contributed by atoms with van der Waals surface area (Å²) < 4.78 is 4.85. The lowest BCUT2D eigenvalue weighted by Crippen LogP contribution is -2.46. The van der Waals surface area contributed by atoms with Crippen LogP contribution in [-0.2, 0) is 14.3 Å². The Hall–Kier alpha value is -2.70. The highest BCUT2D eigenvalue weighted by atomic mass is 16.5. The summed E-state index contributed by atoms with van der Waals surface area (Å²) in [6.07, 6.45) is 1.46. The molecular weight excluding hydrogens is 300 g/mol. The molecule has 0 radical (unpaired) electrons. The van der Waals surface area contributed by atoms with Crippen molar-refractivity contribution in [3.05, 3.63) is 35.4 Å².